The summed E-state index contributed by atoms with van der Waals surface area (Å²) in [6.45, 7) is 0. The van der Waals surface area contributed by atoms with Gasteiger partial charge in [-0.3, -0.25) is 14.4 Å². The van der Waals surface area contributed by atoms with Gasteiger partial charge in [0.15, 0.2) is 11.8 Å². The summed E-state index contributed by atoms with van der Waals surface area (Å²) < 4.78 is 5.25. The second kappa shape index (κ2) is 11.6. The number of ketones is 1. The van der Waals surface area contributed by atoms with E-state index in [-0.39, 0.29) is 36.0 Å². The van der Waals surface area contributed by atoms with Gasteiger partial charge in [0.05, 0.1) is 19.6 Å². The molecule has 0 aromatic heterocycles. The molecule has 2 atom stereocenters. The molecule has 3 amide bonds. The predicted octanol–water partition coefficient (Wildman–Crippen LogP) is 1.45. The summed E-state index contributed by atoms with van der Waals surface area (Å²) in [5, 5.41) is 14.2. The van der Waals surface area contributed by atoms with E-state index in [9.17, 15) is 24.3 Å². The van der Waals surface area contributed by atoms with Gasteiger partial charge < -0.3 is 25.4 Å². The first-order valence-electron chi connectivity index (χ1n) is 9.80. The van der Waals surface area contributed by atoms with Gasteiger partial charge in [0.25, 0.3) is 5.91 Å². The van der Waals surface area contributed by atoms with Crippen molar-refractivity contribution in [2.24, 2.45) is 0 Å². The molecule has 0 aliphatic carbocycles. The van der Waals surface area contributed by atoms with Crippen LogP contribution in [0, 0.1) is 0 Å². The third-order valence-electron chi connectivity index (χ3n) is 4.99. The van der Waals surface area contributed by atoms with Crippen LogP contribution < -0.4 is 15.4 Å². The fourth-order valence-corrected chi connectivity index (χ4v) is 3.31. The van der Waals surface area contributed by atoms with Crippen LogP contribution >= 0.6 is 0 Å². The average Bonchev–Trinajstić information content (AvgIpc) is 2.78. The first kappa shape index (κ1) is 26.1. The van der Waals surface area contributed by atoms with Crippen molar-refractivity contribution in [3.8, 4) is 16.9 Å². The van der Waals surface area contributed by atoms with E-state index >= 15 is 0 Å². The average molecular weight is 461 g/mol. The molecule has 0 radical (unpaired) electrons. The number of carboxylic acid groups (broad SMARTS) is 1. The number of nitrogens with one attached hydrogen (secondary N) is 2. The van der Waals surface area contributed by atoms with Crippen LogP contribution in [0.25, 0.3) is 11.1 Å². The van der Waals surface area contributed by atoms with Gasteiger partial charge in [0.1, 0.15) is 5.75 Å². The molecule has 3 N–H and O–H groups in total. The number of aliphatic carboxylic acids is 1. The molecule has 1 aliphatic rings. The molecule has 9 nitrogen and oxygen atoms in total. The van der Waals surface area contributed by atoms with E-state index in [1.807, 2.05) is 30.3 Å². The summed E-state index contributed by atoms with van der Waals surface area (Å²) >= 11 is 0. The number of carbonyl (C=O) groups is 4. The van der Waals surface area contributed by atoms with Crippen molar-refractivity contribution in [2.75, 3.05) is 14.2 Å². The maximum absolute atomic E-state index is 12.5. The Morgan fingerprint density at radius 2 is 1.79 bits per heavy atom. The number of methoxy groups -OCH3 is 1. The summed E-state index contributed by atoms with van der Waals surface area (Å²) in [6.07, 6.45) is 2.12. The fraction of sp³-hybridized carbons (Fsp3) is 0.217. The Morgan fingerprint density at radius 1 is 1.12 bits per heavy atom. The summed E-state index contributed by atoms with van der Waals surface area (Å²) in [5.41, 5.74) is 2.22. The van der Waals surface area contributed by atoms with E-state index in [4.69, 9.17) is 4.74 Å². The normalized spacial score (nSPS) is 15.9. The zero-order valence-corrected chi connectivity index (χ0v) is 17.6. The number of ether oxygens (including phenoxy) is 1. The molecule has 0 spiro atoms. The van der Waals surface area contributed by atoms with E-state index in [0.717, 1.165) is 11.1 Å². The third kappa shape index (κ3) is 6.67. The van der Waals surface area contributed by atoms with E-state index in [1.165, 1.54) is 24.2 Å². The van der Waals surface area contributed by atoms with E-state index in [0.29, 0.717) is 11.3 Å². The van der Waals surface area contributed by atoms with Crippen LogP contribution in [-0.4, -0.2) is 83.5 Å². The molecule has 1 heterocycles. The van der Waals surface area contributed by atoms with Gasteiger partial charge in [-0.25, -0.2) is 4.79 Å². The third-order valence-corrected chi connectivity index (χ3v) is 4.99. The molecular weight excluding hydrogens is 437 g/mol. The topological polar surface area (TPSA) is 125 Å². The Hall–Kier alpha value is -3.14. The van der Waals surface area contributed by atoms with Gasteiger partial charge in [-0.1, -0.05) is 30.3 Å². The zero-order chi connectivity index (χ0) is 23.3. The molecule has 0 fully saturated rings. The summed E-state index contributed by atoms with van der Waals surface area (Å²) in [5.74, 6) is -1.58. The number of nitrogens with zero attached hydrogens (tertiary/aromatic N) is 1. The Labute approximate surface area is 213 Å². The molecule has 0 saturated heterocycles. The Bertz CT molecular complexity index is 1090. The van der Waals surface area contributed by atoms with Crippen molar-refractivity contribution in [3.05, 3.63) is 66.4 Å². The predicted molar refractivity (Wildman–Crippen MR) is 123 cm³/mol. The van der Waals surface area contributed by atoms with E-state index < -0.39 is 35.8 Å². The van der Waals surface area contributed by atoms with Crippen molar-refractivity contribution >= 4 is 53.2 Å². The Morgan fingerprint density at radius 3 is 2.45 bits per heavy atom. The number of amides is 3. The maximum atomic E-state index is 12.5. The first-order valence-corrected chi connectivity index (χ1v) is 9.80. The van der Waals surface area contributed by atoms with Gasteiger partial charge in [-0.15, -0.1) is 0 Å². The number of carbonyl (C=O) groups excluding carboxylic acids is 3. The molecule has 2 aromatic rings. The van der Waals surface area contributed by atoms with Crippen molar-refractivity contribution in [2.45, 2.75) is 18.5 Å². The van der Waals surface area contributed by atoms with Gasteiger partial charge in [-0.2, -0.15) is 0 Å². The number of carboxylic acids is 1. The number of benzene rings is 2. The first-order chi connectivity index (χ1) is 15.3. The molecule has 0 bridgehead atoms. The molecule has 0 saturated carbocycles. The molecule has 168 valence electrons. The van der Waals surface area contributed by atoms with Crippen molar-refractivity contribution in [1.29, 1.82) is 0 Å². The molecule has 3 rings (SSSR count). The molecule has 2 unspecified atom stereocenters. The molecule has 10 heteroatoms. The minimum atomic E-state index is -1.36. The van der Waals surface area contributed by atoms with Crippen molar-refractivity contribution in [3.63, 3.8) is 0 Å². The van der Waals surface area contributed by atoms with Gasteiger partial charge >= 0.3 is 41.6 Å². The van der Waals surface area contributed by atoms with E-state index in [2.05, 4.69) is 10.6 Å². The van der Waals surface area contributed by atoms with E-state index in [1.54, 1.807) is 25.3 Å². The molecule has 33 heavy (non-hydrogen) atoms. The van der Waals surface area contributed by atoms with Crippen LogP contribution in [0.5, 0.6) is 5.75 Å². The van der Waals surface area contributed by atoms with Crippen LogP contribution in [0.4, 0.5) is 4.79 Å². The van der Waals surface area contributed by atoms with Crippen LogP contribution in [0.2, 0.25) is 0 Å². The summed E-state index contributed by atoms with van der Waals surface area (Å²) in [4.78, 5) is 49.3. The van der Waals surface area contributed by atoms with Crippen LogP contribution in [-0.2, 0) is 14.4 Å². The summed E-state index contributed by atoms with van der Waals surface area (Å²) in [7, 11) is 3.03. The second-order valence-electron chi connectivity index (χ2n) is 7.23. The van der Waals surface area contributed by atoms with Gasteiger partial charge in [0, 0.05) is 19.3 Å². The number of urea groups is 1. The minimum absolute atomic E-state index is 0. The number of likely N-dealkylation sites (N-methyl/N-ethyl adjacent to an activating group) is 1. The molecular formula is C23H24N3NaO6. The summed E-state index contributed by atoms with van der Waals surface area (Å²) in [6, 6.07) is 11.4. The van der Waals surface area contributed by atoms with Crippen LogP contribution in [0.3, 0.4) is 0 Å². The van der Waals surface area contributed by atoms with Crippen molar-refractivity contribution < 1.29 is 29.0 Å². The Balaban J connectivity index is 0.00000385. The number of hydrogen-bond donors (Lipinski definition) is 3. The van der Waals surface area contributed by atoms with Gasteiger partial charge in [0.2, 0.25) is 0 Å². The fourth-order valence-electron chi connectivity index (χ4n) is 3.31. The molecule has 1 aliphatic heterocycles. The van der Waals surface area contributed by atoms with Crippen LogP contribution in [0.1, 0.15) is 18.0 Å². The number of rotatable bonds is 7. The second-order valence-corrected chi connectivity index (χ2v) is 7.23. The van der Waals surface area contributed by atoms with Crippen LogP contribution in [0.15, 0.2) is 60.8 Å². The zero-order valence-electron chi connectivity index (χ0n) is 17.6. The van der Waals surface area contributed by atoms with Crippen molar-refractivity contribution in [1.82, 2.24) is 15.5 Å². The Kier molecular flexibility index (Phi) is 9.22. The monoisotopic (exact) mass is 461 g/mol. The SMILES string of the molecule is COc1cccc(-c2cccc(C(CC(=O)O)NC(=O)NC3C(=O)C=CN(C)C3=O)c2)c1.[NaH]. The standard InChI is InChI=1S/C23H23N3O6.Na.H/c1-26-10-9-19(27)21(22(26)30)25-23(31)24-18(13-20(28)29)16-7-3-5-14(11-16)15-6-4-8-17(12-15)32-2;;/h3-12,18,21H,13H2,1-2H3,(H,28,29)(H2,24,25,31);;. The quantitative estimate of drug-likeness (QED) is 0.424. The molecule has 2 aromatic carbocycles. The number of hydrogen-bond acceptors (Lipinski definition) is 5. The van der Waals surface area contributed by atoms with Gasteiger partial charge in [-0.05, 0) is 34.9 Å².